The van der Waals surface area contributed by atoms with Crippen LogP contribution in [0.2, 0.25) is 0 Å². The molecule has 6 nitrogen and oxygen atoms in total. The van der Waals surface area contributed by atoms with Gasteiger partial charge in [0.2, 0.25) is 0 Å². The molecule has 2 rings (SSSR count). The topological polar surface area (TPSA) is 60.6 Å². The summed E-state index contributed by atoms with van der Waals surface area (Å²) in [5.41, 5.74) is 1.25. The van der Waals surface area contributed by atoms with Crippen LogP contribution < -0.4 is 5.32 Å². The zero-order valence-corrected chi connectivity index (χ0v) is 12.8. The second-order valence-electron chi connectivity index (χ2n) is 5.98. The van der Waals surface area contributed by atoms with E-state index in [4.69, 9.17) is 0 Å². The minimum atomic E-state index is 0.0946. The van der Waals surface area contributed by atoms with Gasteiger partial charge in [0.25, 0.3) is 0 Å². The fourth-order valence-electron chi connectivity index (χ4n) is 1.95. The molecule has 0 fully saturated rings. The van der Waals surface area contributed by atoms with Crippen molar-refractivity contribution in [3.05, 3.63) is 30.1 Å². The largest absolute Gasteiger partial charge is 0.306 e. The Balaban J connectivity index is 2.06. The van der Waals surface area contributed by atoms with Crippen molar-refractivity contribution in [1.29, 1.82) is 0 Å². The smallest absolute Gasteiger partial charge is 0.148 e. The van der Waals surface area contributed by atoms with Gasteiger partial charge in [0.1, 0.15) is 18.7 Å². The molecule has 0 bridgehead atoms. The summed E-state index contributed by atoms with van der Waals surface area (Å²) in [6.07, 6.45) is 4.50. The van der Waals surface area contributed by atoms with Crippen molar-refractivity contribution in [3.8, 4) is 0 Å². The van der Waals surface area contributed by atoms with Crippen molar-refractivity contribution in [2.75, 3.05) is 0 Å². The predicted octanol–water partition coefficient (Wildman–Crippen LogP) is 1.82. The molecule has 0 atom stereocenters. The molecule has 0 spiro atoms. The Bertz CT molecular complexity index is 534. The highest BCUT2D eigenvalue weighted by molar-refractivity contribution is 5.03. The second-order valence-corrected chi connectivity index (χ2v) is 5.98. The van der Waals surface area contributed by atoms with Crippen LogP contribution in [-0.2, 0) is 19.6 Å². The molecular formula is C14H24N6. The van der Waals surface area contributed by atoms with E-state index in [1.807, 2.05) is 21.6 Å². The number of rotatable bonds is 6. The normalized spacial score (nSPS) is 12.0. The van der Waals surface area contributed by atoms with Gasteiger partial charge in [-0.1, -0.05) is 6.92 Å². The van der Waals surface area contributed by atoms with E-state index in [0.29, 0.717) is 6.54 Å². The molecule has 0 saturated heterocycles. The van der Waals surface area contributed by atoms with E-state index >= 15 is 0 Å². The number of nitrogens with one attached hydrogen (secondary N) is 1. The van der Waals surface area contributed by atoms with E-state index in [1.165, 1.54) is 0 Å². The predicted molar refractivity (Wildman–Crippen MR) is 78.2 cm³/mol. The third kappa shape index (κ3) is 3.90. The Morgan fingerprint density at radius 2 is 2.00 bits per heavy atom. The molecule has 2 aromatic rings. The molecule has 2 aromatic heterocycles. The fourth-order valence-corrected chi connectivity index (χ4v) is 1.95. The fraction of sp³-hybridized carbons (Fsp3) is 0.643. The Hall–Kier alpha value is -1.69. The quantitative estimate of drug-likeness (QED) is 0.874. The van der Waals surface area contributed by atoms with Crippen LogP contribution in [0.1, 0.15) is 45.6 Å². The molecule has 0 aromatic carbocycles. The van der Waals surface area contributed by atoms with Crippen molar-refractivity contribution in [2.24, 2.45) is 0 Å². The third-order valence-corrected chi connectivity index (χ3v) is 3.03. The lowest BCUT2D eigenvalue weighted by Gasteiger charge is -2.20. The van der Waals surface area contributed by atoms with Gasteiger partial charge in [0.05, 0.1) is 5.69 Å². The molecule has 0 aliphatic carbocycles. The number of aryl methyl sites for hydroxylation is 1. The summed E-state index contributed by atoms with van der Waals surface area (Å²) in [7, 11) is 0. The van der Waals surface area contributed by atoms with Crippen molar-refractivity contribution in [3.63, 3.8) is 0 Å². The number of aromatic nitrogens is 5. The molecule has 0 aliphatic rings. The summed E-state index contributed by atoms with van der Waals surface area (Å²) in [4.78, 5) is 4.33. The number of hydrogen-bond donors (Lipinski definition) is 1. The first kappa shape index (κ1) is 14.7. The average Bonchev–Trinajstić information content (AvgIpc) is 2.97. The van der Waals surface area contributed by atoms with Crippen LogP contribution in [0.3, 0.4) is 0 Å². The highest BCUT2D eigenvalue weighted by atomic mass is 15.4. The number of hydrogen-bond acceptors (Lipinski definition) is 4. The molecule has 0 unspecified atom stereocenters. The van der Waals surface area contributed by atoms with E-state index in [1.54, 1.807) is 6.33 Å². The monoisotopic (exact) mass is 276 g/mol. The average molecular weight is 276 g/mol. The molecule has 2 heterocycles. The first-order chi connectivity index (χ1) is 9.49. The molecule has 0 saturated carbocycles. The first-order valence-corrected chi connectivity index (χ1v) is 7.12. The summed E-state index contributed by atoms with van der Waals surface area (Å²) < 4.78 is 3.93. The van der Waals surface area contributed by atoms with E-state index < -0.39 is 0 Å². The molecule has 0 aliphatic heterocycles. The maximum atomic E-state index is 4.39. The lowest BCUT2D eigenvalue weighted by Crippen LogP contribution is -2.35. The summed E-state index contributed by atoms with van der Waals surface area (Å²) in [6.45, 7) is 11.0. The van der Waals surface area contributed by atoms with E-state index in [2.05, 4.69) is 48.2 Å². The maximum Gasteiger partial charge on any atom is 0.148 e. The minimum Gasteiger partial charge on any atom is -0.306 e. The van der Waals surface area contributed by atoms with Crippen LogP contribution in [-0.4, -0.2) is 30.1 Å². The molecule has 0 radical (unpaired) electrons. The lowest BCUT2D eigenvalue weighted by molar-refractivity contribution is 0.412. The maximum absolute atomic E-state index is 4.39. The highest BCUT2D eigenvalue weighted by Crippen LogP contribution is 2.07. The Labute approximate surface area is 120 Å². The molecule has 110 valence electrons. The summed E-state index contributed by atoms with van der Waals surface area (Å²) >= 11 is 0. The summed E-state index contributed by atoms with van der Waals surface area (Å²) in [6, 6.07) is 2.04. The van der Waals surface area contributed by atoms with Gasteiger partial charge < -0.3 is 5.32 Å². The van der Waals surface area contributed by atoms with Crippen LogP contribution in [0.4, 0.5) is 0 Å². The SMILES string of the molecule is CCCn1ncnc1Cn1nccc1CNC(C)(C)C. The van der Waals surface area contributed by atoms with E-state index in [9.17, 15) is 0 Å². The van der Waals surface area contributed by atoms with Crippen molar-refractivity contribution >= 4 is 0 Å². The van der Waals surface area contributed by atoms with E-state index in [0.717, 1.165) is 31.0 Å². The van der Waals surface area contributed by atoms with Gasteiger partial charge >= 0.3 is 0 Å². The van der Waals surface area contributed by atoms with Crippen LogP contribution in [0, 0.1) is 0 Å². The Morgan fingerprint density at radius 3 is 2.70 bits per heavy atom. The van der Waals surface area contributed by atoms with Crippen LogP contribution in [0.25, 0.3) is 0 Å². The van der Waals surface area contributed by atoms with Gasteiger partial charge in [-0.05, 0) is 33.3 Å². The van der Waals surface area contributed by atoms with Crippen LogP contribution in [0.15, 0.2) is 18.6 Å². The minimum absolute atomic E-state index is 0.0946. The first-order valence-electron chi connectivity index (χ1n) is 7.12. The van der Waals surface area contributed by atoms with Gasteiger partial charge in [-0.15, -0.1) is 0 Å². The van der Waals surface area contributed by atoms with Crippen LogP contribution in [0.5, 0.6) is 0 Å². The molecule has 1 N–H and O–H groups in total. The van der Waals surface area contributed by atoms with Gasteiger partial charge in [-0.3, -0.25) is 4.68 Å². The van der Waals surface area contributed by atoms with Crippen molar-refractivity contribution in [1.82, 2.24) is 29.9 Å². The molecule has 6 heteroatoms. The van der Waals surface area contributed by atoms with Gasteiger partial charge in [0.15, 0.2) is 0 Å². The Morgan fingerprint density at radius 1 is 1.20 bits per heavy atom. The zero-order valence-electron chi connectivity index (χ0n) is 12.8. The van der Waals surface area contributed by atoms with Gasteiger partial charge in [-0.25, -0.2) is 9.67 Å². The van der Waals surface area contributed by atoms with Gasteiger partial charge in [0, 0.05) is 24.8 Å². The molecular weight excluding hydrogens is 252 g/mol. The van der Waals surface area contributed by atoms with Crippen molar-refractivity contribution < 1.29 is 0 Å². The summed E-state index contributed by atoms with van der Waals surface area (Å²) in [5.74, 6) is 0.951. The van der Waals surface area contributed by atoms with Gasteiger partial charge in [-0.2, -0.15) is 10.2 Å². The highest BCUT2D eigenvalue weighted by Gasteiger charge is 2.12. The van der Waals surface area contributed by atoms with E-state index in [-0.39, 0.29) is 5.54 Å². The molecule has 20 heavy (non-hydrogen) atoms. The number of nitrogens with zero attached hydrogens (tertiary/aromatic N) is 5. The standard InChI is InChI=1S/C14H24N6/c1-5-8-19-13(15-11-18-19)10-20-12(6-7-17-20)9-16-14(2,3)4/h6-7,11,16H,5,8-10H2,1-4H3. The van der Waals surface area contributed by atoms with Crippen LogP contribution >= 0.6 is 0 Å². The zero-order chi connectivity index (χ0) is 14.6. The summed E-state index contributed by atoms with van der Waals surface area (Å²) in [5, 5.41) is 12.1. The van der Waals surface area contributed by atoms with Crippen molar-refractivity contribution in [2.45, 2.75) is 59.3 Å². The Kier molecular flexibility index (Phi) is 4.54. The third-order valence-electron chi connectivity index (χ3n) is 3.03. The second kappa shape index (κ2) is 6.17. The molecule has 0 amide bonds. The lowest BCUT2D eigenvalue weighted by atomic mass is 10.1.